The number of rotatable bonds is 4. The predicted octanol–water partition coefficient (Wildman–Crippen LogP) is 13.1. The van der Waals surface area contributed by atoms with Crippen molar-refractivity contribution in [3.05, 3.63) is 182 Å². The molecule has 0 aliphatic rings. The van der Waals surface area contributed by atoms with Crippen molar-refractivity contribution in [1.82, 2.24) is 19.1 Å². The zero-order chi connectivity index (χ0) is 36.0. The minimum atomic E-state index is 0.646. The highest BCUT2D eigenvalue weighted by molar-refractivity contribution is 6.29. The van der Waals surface area contributed by atoms with Crippen LogP contribution in [0.2, 0.25) is 0 Å². The highest BCUT2D eigenvalue weighted by atomic mass is 16.3. The molecule has 0 atom stereocenters. The Hall–Kier alpha value is -7.50. The quantitative estimate of drug-likeness (QED) is 0.183. The Balaban J connectivity index is 1.17. The molecule has 0 bridgehead atoms. The Bertz CT molecular complexity index is 3480. The number of hydrogen-bond donors (Lipinski definition) is 0. The first kappa shape index (κ1) is 30.0. The van der Waals surface area contributed by atoms with Gasteiger partial charge in [0.05, 0.1) is 39.0 Å². The maximum atomic E-state index is 6.95. The minimum absolute atomic E-state index is 0.646. The van der Waals surface area contributed by atoms with Crippen LogP contribution in [0.5, 0.6) is 0 Å². The second kappa shape index (κ2) is 11.5. The van der Waals surface area contributed by atoms with E-state index in [0.717, 1.165) is 88.4 Å². The van der Waals surface area contributed by atoms with Gasteiger partial charge in [-0.15, -0.1) is 0 Å². The number of fused-ring (bicyclic) bond motifs is 11. The van der Waals surface area contributed by atoms with Crippen LogP contribution in [0.3, 0.4) is 0 Å². The van der Waals surface area contributed by atoms with E-state index in [1.165, 1.54) is 16.2 Å². The van der Waals surface area contributed by atoms with Gasteiger partial charge in [0.2, 0.25) is 5.95 Å². The zero-order valence-corrected chi connectivity index (χ0v) is 29.5. The molecule has 0 fully saturated rings. The summed E-state index contributed by atoms with van der Waals surface area (Å²) in [7, 11) is 0. The number of benzene rings is 8. The number of aromatic nitrogens is 4. The summed E-state index contributed by atoms with van der Waals surface area (Å²) in [6.07, 6.45) is 0. The molecular weight excluding hydrogens is 673 g/mol. The molecule has 256 valence electrons. The van der Waals surface area contributed by atoms with Crippen LogP contribution in [0.25, 0.3) is 110 Å². The first-order valence-corrected chi connectivity index (χ1v) is 18.6. The van der Waals surface area contributed by atoms with Crippen molar-refractivity contribution in [1.29, 1.82) is 0 Å². The molecule has 0 radical (unpaired) electrons. The summed E-state index contributed by atoms with van der Waals surface area (Å²) in [4.78, 5) is 10.5. The highest BCUT2D eigenvalue weighted by Crippen LogP contribution is 2.45. The Kier molecular flexibility index (Phi) is 6.27. The van der Waals surface area contributed by atoms with Gasteiger partial charge < -0.3 is 8.98 Å². The molecule has 0 spiro atoms. The summed E-state index contributed by atoms with van der Waals surface area (Å²) in [6, 6.07) is 64.0. The molecule has 5 heteroatoms. The minimum Gasteiger partial charge on any atom is -0.453 e. The van der Waals surface area contributed by atoms with Gasteiger partial charge >= 0.3 is 0 Å². The summed E-state index contributed by atoms with van der Waals surface area (Å²) in [5.41, 5.74) is 12.2. The Morgan fingerprint density at radius 3 is 1.64 bits per heavy atom. The smallest absolute Gasteiger partial charge is 0.235 e. The van der Waals surface area contributed by atoms with Gasteiger partial charge in [0.1, 0.15) is 5.58 Å². The first-order valence-electron chi connectivity index (χ1n) is 18.6. The number of hydrogen-bond acceptors (Lipinski definition) is 3. The van der Waals surface area contributed by atoms with Crippen LogP contribution in [0.4, 0.5) is 0 Å². The second-order valence-electron chi connectivity index (χ2n) is 14.1. The van der Waals surface area contributed by atoms with Crippen LogP contribution in [0, 0.1) is 0 Å². The highest BCUT2D eigenvalue weighted by Gasteiger charge is 2.24. The molecule has 0 saturated carbocycles. The van der Waals surface area contributed by atoms with E-state index in [2.05, 4.69) is 173 Å². The summed E-state index contributed by atoms with van der Waals surface area (Å²) in [5, 5.41) is 7.91. The van der Waals surface area contributed by atoms with Crippen molar-refractivity contribution in [2.75, 3.05) is 0 Å². The lowest BCUT2D eigenvalue weighted by atomic mass is 10.0. The van der Waals surface area contributed by atoms with Crippen LogP contribution < -0.4 is 0 Å². The second-order valence-corrected chi connectivity index (χ2v) is 14.1. The van der Waals surface area contributed by atoms with Crippen LogP contribution >= 0.6 is 0 Å². The van der Waals surface area contributed by atoms with E-state index in [9.17, 15) is 0 Å². The van der Waals surface area contributed by atoms with Crippen LogP contribution in [-0.2, 0) is 0 Å². The average molecular weight is 703 g/mol. The summed E-state index contributed by atoms with van der Waals surface area (Å²) >= 11 is 0. The molecule has 0 saturated heterocycles. The van der Waals surface area contributed by atoms with E-state index in [0.29, 0.717) is 5.95 Å². The SMILES string of the molecule is c1ccc(-c2nc(-n3c4ccccc4c4c5c6ccccc6n(-c6cccc7c6oc6c(-c8ccccc8)cccc67)c5ccc43)nc3ccccc23)cc1. The van der Waals surface area contributed by atoms with Crippen molar-refractivity contribution < 1.29 is 4.42 Å². The standard InChI is InChI=1S/C50H30N4O/c1-3-15-31(16-4-1)33-22-13-23-34-35-24-14-28-44(49(35)55-48(33)34)53-40-26-11-8-20-37(40)45-42(53)29-30-43-46(45)38-21-9-12-27-41(38)54(43)50-51-39-25-10-7-19-36(39)47(52-50)32-17-5-2-6-18-32/h1-30H. The van der Waals surface area contributed by atoms with Crippen molar-refractivity contribution >= 4 is 76.5 Å². The lowest BCUT2D eigenvalue weighted by Crippen LogP contribution is -2.03. The molecule has 8 aromatic carbocycles. The molecule has 0 amide bonds. The number of para-hydroxylation sites is 5. The maximum Gasteiger partial charge on any atom is 0.235 e. The van der Waals surface area contributed by atoms with E-state index in [4.69, 9.17) is 14.4 Å². The number of furan rings is 1. The molecular formula is C50H30N4O. The molecule has 0 N–H and O–H groups in total. The van der Waals surface area contributed by atoms with E-state index < -0.39 is 0 Å². The Morgan fingerprint density at radius 2 is 0.909 bits per heavy atom. The summed E-state index contributed by atoms with van der Waals surface area (Å²) < 4.78 is 11.6. The maximum absolute atomic E-state index is 6.95. The lowest BCUT2D eigenvalue weighted by molar-refractivity contribution is 0.667. The molecule has 55 heavy (non-hydrogen) atoms. The van der Waals surface area contributed by atoms with Gasteiger partial charge in [-0.3, -0.25) is 4.57 Å². The van der Waals surface area contributed by atoms with E-state index >= 15 is 0 Å². The largest absolute Gasteiger partial charge is 0.453 e. The Labute approximate surface area is 315 Å². The van der Waals surface area contributed by atoms with E-state index in [-0.39, 0.29) is 0 Å². The Morgan fingerprint density at radius 1 is 0.364 bits per heavy atom. The van der Waals surface area contributed by atoms with Crippen molar-refractivity contribution in [2.24, 2.45) is 0 Å². The van der Waals surface area contributed by atoms with Gasteiger partial charge in [0.25, 0.3) is 0 Å². The van der Waals surface area contributed by atoms with Gasteiger partial charge in [-0.1, -0.05) is 146 Å². The summed E-state index contributed by atoms with van der Waals surface area (Å²) in [6.45, 7) is 0. The monoisotopic (exact) mass is 702 g/mol. The third kappa shape index (κ3) is 4.29. The molecule has 0 unspecified atom stereocenters. The van der Waals surface area contributed by atoms with Gasteiger partial charge in [-0.2, -0.15) is 0 Å². The average Bonchev–Trinajstić information content (AvgIpc) is 3.92. The fourth-order valence-electron chi connectivity index (χ4n) is 8.80. The third-order valence-corrected chi connectivity index (χ3v) is 11.1. The third-order valence-electron chi connectivity index (χ3n) is 11.1. The lowest BCUT2D eigenvalue weighted by Gasteiger charge is -2.12. The summed E-state index contributed by atoms with van der Waals surface area (Å²) in [5.74, 6) is 0.646. The van der Waals surface area contributed by atoms with Crippen molar-refractivity contribution in [3.8, 4) is 34.0 Å². The topological polar surface area (TPSA) is 48.8 Å². The van der Waals surface area contributed by atoms with Gasteiger partial charge in [0.15, 0.2) is 5.58 Å². The fourth-order valence-corrected chi connectivity index (χ4v) is 8.80. The first-order chi connectivity index (χ1) is 27.3. The van der Waals surface area contributed by atoms with Crippen LogP contribution in [0.1, 0.15) is 0 Å². The predicted molar refractivity (Wildman–Crippen MR) is 226 cm³/mol. The van der Waals surface area contributed by atoms with Gasteiger partial charge in [0, 0.05) is 48.8 Å². The fraction of sp³-hybridized carbons (Fsp3) is 0. The normalized spacial score (nSPS) is 12.0. The van der Waals surface area contributed by atoms with Gasteiger partial charge in [-0.05, 0) is 42.0 Å². The van der Waals surface area contributed by atoms with Crippen LogP contribution in [-0.4, -0.2) is 19.1 Å². The van der Waals surface area contributed by atoms with Crippen LogP contribution in [0.15, 0.2) is 186 Å². The molecule has 12 rings (SSSR count). The van der Waals surface area contributed by atoms with Crippen molar-refractivity contribution in [2.45, 2.75) is 0 Å². The zero-order valence-electron chi connectivity index (χ0n) is 29.5. The van der Waals surface area contributed by atoms with E-state index in [1.54, 1.807) is 0 Å². The van der Waals surface area contributed by atoms with Gasteiger partial charge in [-0.25, -0.2) is 9.97 Å². The molecule has 4 aromatic heterocycles. The molecule has 4 heterocycles. The molecule has 12 aromatic rings. The van der Waals surface area contributed by atoms with E-state index in [1.807, 2.05) is 18.2 Å². The molecule has 0 aliphatic heterocycles. The molecule has 5 nitrogen and oxygen atoms in total. The van der Waals surface area contributed by atoms with Crippen molar-refractivity contribution in [3.63, 3.8) is 0 Å². The molecule has 0 aliphatic carbocycles. The number of nitrogens with zero attached hydrogens (tertiary/aromatic N) is 4.